The highest BCUT2D eigenvalue weighted by Crippen LogP contribution is 2.38. The normalized spacial score (nSPS) is 42.0. The molecular weight excluding hydrogens is 300 g/mol. The molecule has 0 amide bonds. The average Bonchev–Trinajstić information content (AvgIpc) is 2.53. The van der Waals surface area contributed by atoms with Crippen LogP contribution in [-0.4, -0.2) is 70.0 Å². The first-order valence-electron chi connectivity index (χ1n) is 8.55. The average molecular weight is 326 g/mol. The second-order valence-electron chi connectivity index (χ2n) is 7.40. The summed E-state index contributed by atoms with van der Waals surface area (Å²) in [6, 6.07) is -0.200. The van der Waals surface area contributed by atoms with E-state index in [2.05, 4.69) is 10.2 Å². The van der Waals surface area contributed by atoms with Gasteiger partial charge in [0.25, 0.3) is 0 Å². The lowest BCUT2D eigenvalue weighted by Gasteiger charge is -2.47. The minimum absolute atomic E-state index is 0.264. The van der Waals surface area contributed by atoms with Gasteiger partial charge in [0.1, 0.15) is 6.04 Å². The number of β-amino-alcohol motifs (C(OH)–C–C–N with tert-alkyl or cyclic N) is 1. The van der Waals surface area contributed by atoms with Gasteiger partial charge in [0, 0.05) is 19.1 Å². The number of likely N-dealkylation sites (tertiary alicyclic amines) is 1. The molecule has 7 heteroatoms. The summed E-state index contributed by atoms with van der Waals surface area (Å²) in [6.07, 6.45) is 3.35. The molecule has 4 unspecified atom stereocenters. The standard InChI is InChI=1S/C16H26N2O5/c19-13-4-11(15(20)21)7-18(8-13)12-2-1-9-6-17-14(16(22)23)5-10(9)3-12/h9-14,17,19H,1-8H2,(H,20,21)(H,22,23)/t9?,10?,11-,12?,13+,14?/m0/s1. The molecule has 2 aliphatic heterocycles. The summed E-state index contributed by atoms with van der Waals surface area (Å²) in [7, 11) is 0. The van der Waals surface area contributed by atoms with Gasteiger partial charge in [-0.05, 0) is 50.5 Å². The first-order chi connectivity index (χ1) is 10.9. The van der Waals surface area contributed by atoms with Crippen LogP contribution in [0.15, 0.2) is 0 Å². The van der Waals surface area contributed by atoms with Crippen LogP contribution in [0.25, 0.3) is 0 Å². The number of aliphatic hydroxyl groups excluding tert-OH is 1. The lowest BCUT2D eigenvalue weighted by Crippen LogP contribution is -2.55. The fraction of sp³-hybridized carbons (Fsp3) is 0.875. The second-order valence-corrected chi connectivity index (χ2v) is 7.40. The Morgan fingerprint density at radius 3 is 2.43 bits per heavy atom. The van der Waals surface area contributed by atoms with E-state index in [4.69, 9.17) is 0 Å². The predicted molar refractivity (Wildman–Crippen MR) is 82.0 cm³/mol. The third-order valence-corrected chi connectivity index (χ3v) is 5.90. The number of nitrogens with one attached hydrogen (secondary N) is 1. The smallest absolute Gasteiger partial charge is 0.320 e. The van der Waals surface area contributed by atoms with Crippen LogP contribution in [0.2, 0.25) is 0 Å². The van der Waals surface area contributed by atoms with E-state index < -0.39 is 30.0 Å². The Morgan fingerprint density at radius 1 is 0.957 bits per heavy atom. The maximum atomic E-state index is 11.3. The van der Waals surface area contributed by atoms with Gasteiger partial charge in [-0.15, -0.1) is 0 Å². The van der Waals surface area contributed by atoms with Gasteiger partial charge in [-0.3, -0.25) is 14.5 Å². The highest BCUT2D eigenvalue weighted by Gasteiger charge is 2.41. The minimum Gasteiger partial charge on any atom is -0.481 e. The van der Waals surface area contributed by atoms with Gasteiger partial charge in [-0.2, -0.15) is 0 Å². The molecule has 3 fully saturated rings. The van der Waals surface area contributed by atoms with Crippen LogP contribution >= 0.6 is 0 Å². The number of carboxylic acids is 2. The van der Waals surface area contributed by atoms with Crippen molar-refractivity contribution in [3.63, 3.8) is 0 Å². The van der Waals surface area contributed by atoms with Gasteiger partial charge in [-0.1, -0.05) is 0 Å². The van der Waals surface area contributed by atoms with Crippen molar-refractivity contribution >= 4 is 11.9 Å². The molecule has 1 saturated carbocycles. The zero-order valence-electron chi connectivity index (χ0n) is 13.2. The number of nitrogens with zero attached hydrogens (tertiary/aromatic N) is 1. The predicted octanol–water partition coefficient (Wildman–Crippen LogP) is -0.0148. The highest BCUT2D eigenvalue weighted by atomic mass is 16.4. The zero-order chi connectivity index (χ0) is 16.6. The number of piperidine rings is 2. The molecule has 23 heavy (non-hydrogen) atoms. The number of hydrogen-bond acceptors (Lipinski definition) is 5. The molecule has 0 aromatic rings. The van der Waals surface area contributed by atoms with E-state index in [0.29, 0.717) is 37.8 Å². The quantitative estimate of drug-likeness (QED) is 0.577. The van der Waals surface area contributed by atoms with Crippen LogP contribution in [0.1, 0.15) is 32.1 Å². The third kappa shape index (κ3) is 3.67. The van der Waals surface area contributed by atoms with E-state index in [9.17, 15) is 24.9 Å². The summed E-state index contributed by atoms with van der Waals surface area (Å²) < 4.78 is 0. The monoisotopic (exact) mass is 326 g/mol. The van der Waals surface area contributed by atoms with Crippen LogP contribution in [0.4, 0.5) is 0 Å². The zero-order valence-corrected chi connectivity index (χ0v) is 13.2. The van der Waals surface area contributed by atoms with E-state index in [1.54, 1.807) is 0 Å². The van der Waals surface area contributed by atoms with Gasteiger partial charge in [-0.25, -0.2) is 0 Å². The second kappa shape index (κ2) is 6.75. The van der Waals surface area contributed by atoms with Gasteiger partial charge in [0.15, 0.2) is 0 Å². The Morgan fingerprint density at radius 2 is 1.74 bits per heavy atom. The Labute approximate surface area is 135 Å². The van der Waals surface area contributed by atoms with Gasteiger partial charge >= 0.3 is 11.9 Å². The fourth-order valence-electron chi connectivity index (χ4n) is 4.64. The van der Waals surface area contributed by atoms with Gasteiger partial charge in [0.05, 0.1) is 12.0 Å². The van der Waals surface area contributed by atoms with Crippen molar-refractivity contribution in [2.75, 3.05) is 19.6 Å². The molecule has 0 aromatic heterocycles. The Bertz CT molecular complexity index is 471. The number of aliphatic carboxylic acids is 2. The van der Waals surface area contributed by atoms with Crippen molar-refractivity contribution in [1.82, 2.24) is 10.2 Å². The van der Waals surface area contributed by atoms with Crippen molar-refractivity contribution < 1.29 is 24.9 Å². The number of carboxylic acid groups (broad SMARTS) is 2. The van der Waals surface area contributed by atoms with E-state index in [0.717, 1.165) is 25.8 Å². The minimum atomic E-state index is -0.838. The number of aliphatic hydroxyl groups is 1. The Hall–Kier alpha value is -1.18. The number of rotatable bonds is 3. The molecule has 4 N–H and O–H groups in total. The number of fused-ring (bicyclic) bond motifs is 1. The molecule has 0 radical (unpaired) electrons. The van der Waals surface area contributed by atoms with E-state index >= 15 is 0 Å². The molecule has 3 aliphatic rings. The molecule has 3 rings (SSSR count). The number of hydrogen-bond donors (Lipinski definition) is 4. The first kappa shape index (κ1) is 16.7. The van der Waals surface area contributed by atoms with Crippen LogP contribution in [0, 0.1) is 17.8 Å². The number of carbonyl (C=O) groups is 2. The molecule has 0 aromatic carbocycles. The molecule has 130 valence electrons. The van der Waals surface area contributed by atoms with Crippen molar-refractivity contribution in [1.29, 1.82) is 0 Å². The topological polar surface area (TPSA) is 110 Å². The molecule has 0 bridgehead atoms. The fourth-order valence-corrected chi connectivity index (χ4v) is 4.64. The van der Waals surface area contributed by atoms with Crippen molar-refractivity contribution in [3.8, 4) is 0 Å². The van der Waals surface area contributed by atoms with Crippen LogP contribution in [0.3, 0.4) is 0 Å². The maximum Gasteiger partial charge on any atom is 0.320 e. The van der Waals surface area contributed by atoms with Crippen molar-refractivity contribution in [3.05, 3.63) is 0 Å². The van der Waals surface area contributed by atoms with Crippen LogP contribution in [-0.2, 0) is 9.59 Å². The van der Waals surface area contributed by atoms with Crippen LogP contribution < -0.4 is 5.32 Å². The summed E-state index contributed by atoms with van der Waals surface area (Å²) in [5, 5.41) is 31.5. The SMILES string of the molecule is O=C(O)C1CC2CC(N3C[C@H](O)C[C@H](C(=O)O)C3)CCC2CN1. The Kier molecular flexibility index (Phi) is 4.89. The summed E-state index contributed by atoms with van der Waals surface area (Å²) in [5.41, 5.74) is 0. The molecule has 1 aliphatic carbocycles. The summed E-state index contributed by atoms with van der Waals surface area (Å²) in [6.45, 7) is 1.79. The lowest BCUT2D eigenvalue weighted by molar-refractivity contribution is -0.147. The van der Waals surface area contributed by atoms with E-state index in [-0.39, 0.29) is 6.04 Å². The molecule has 2 heterocycles. The molecular formula is C16H26N2O5. The summed E-state index contributed by atoms with van der Waals surface area (Å²) >= 11 is 0. The van der Waals surface area contributed by atoms with E-state index in [1.165, 1.54) is 0 Å². The van der Waals surface area contributed by atoms with Crippen molar-refractivity contribution in [2.45, 2.75) is 50.3 Å². The summed E-state index contributed by atoms with van der Waals surface area (Å²) in [5.74, 6) is -1.23. The molecule has 7 nitrogen and oxygen atoms in total. The highest BCUT2D eigenvalue weighted by molar-refractivity contribution is 5.73. The maximum absolute atomic E-state index is 11.3. The van der Waals surface area contributed by atoms with E-state index in [1.807, 2.05) is 0 Å². The third-order valence-electron chi connectivity index (χ3n) is 5.90. The Balaban J connectivity index is 1.63. The summed E-state index contributed by atoms with van der Waals surface area (Å²) in [4.78, 5) is 24.6. The largest absolute Gasteiger partial charge is 0.481 e. The molecule has 2 saturated heterocycles. The molecule has 0 spiro atoms. The van der Waals surface area contributed by atoms with Crippen LogP contribution in [0.5, 0.6) is 0 Å². The van der Waals surface area contributed by atoms with Crippen molar-refractivity contribution in [2.24, 2.45) is 17.8 Å². The van der Waals surface area contributed by atoms with Gasteiger partial charge < -0.3 is 20.6 Å². The molecule has 6 atom stereocenters. The van der Waals surface area contributed by atoms with Gasteiger partial charge in [0.2, 0.25) is 0 Å². The lowest BCUT2D eigenvalue weighted by atomic mass is 9.71. The first-order valence-corrected chi connectivity index (χ1v) is 8.55.